The van der Waals surface area contributed by atoms with Gasteiger partial charge in [-0.05, 0) is 60.6 Å². The van der Waals surface area contributed by atoms with Crippen molar-refractivity contribution in [3.8, 4) is 28.0 Å². The molecule has 0 aromatic heterocycles. The number of halogens is 2. The molecule has 4 rings (SSSR count). The van der Waals surface area contributed by atoms with Crippen LogP contribution in [-0.2, 0) is 4.74 Å². The van der Waals surface area contributed by atoms with Crippen molar-refractivity contribution in [3.63, 3.8) is 0 Å². The summed E-state index contributed by atoms with van der Waals surface area (Å²) in [5.41, 5.74) is 4.14. The highest BCUT2D eigenvalue weighted by Crippen LogP contribution is 2.34. The molecule has 1 saturated heterocycles. The lowest BCUT2D eigenvalue weighted by molar-refractivity contribution is -0.00524. The minimum atomic E-state index is -0.942. The Hall–Kier alpha value is -2.98. The van der Waals surface area contributed by atoms with Crippen molar-refractivity contribution in [2.45, 2.75) is 39.2 Å². The highest BCUT2D eigenvalue weighted by atomic mass is 19.2. The van der Waals surface area contributed by atoms with Gasteiger partial charge in [0.25, 0.3) is 0 Å². The molecule has 2 nitrogen and oxygen atoms in total. The van der Waals surface area contributed by atoms with Crippen molar-refractivity contribution >= 4 is 0 Å². The summed E-state index contributed by atoms with van der Waals surface area (Å²) in [4.78, 5) is 0. The van der Waals surface area contributed by atoms with Gasteiger partial charge >= 0.3 is 0 Å². The van der Waals surface area contributed by atoms with E-state index in [2.05, 4.69) is 36.4 Å². The number of hydrogen-bond acceptors (Lipinski definition) is 2. The van der Waals surface area contributed by atoms with Gasteiger partial charge in [0.15, 0.2) is 11.6 Å². The smallest absolute Gasteiger partial charge is 0.201 e. The van der Waals surface area contributed by atoms with Crippen molar-refractivity contribution in [1.29, 1.82) is 0 Å². The van der Waals surface area contributed by atoms with E-state index in [1.54, 1.807) is 6.07 Å². The van der Waals surface area contributed by atoms with Crippen molar-refractivity contribution in [1.82, 2.24) is 0 Å². The molecular weight excluding hydrogens is 418 g/mol. The largest absolute Gasteiger partial charge is 0.490 e. The van der Waals surface area contributed by atoms with Crippen molar-refractivity contribution in [2.24, 2.45) is 5.92 Å². The Morgan fingerprint density at radius 3 is 2.15 bits per heavy atom. The molecule has 1 aliphatic rings. The van der Waals surface area contributed by atoms with Gasteiger partial charge in [-0.2, -0.15) is 4.39 Å². The number of ether oxygens (including phenoxy) is 2. The molecule has 0 spiro atoms. The van der Waals surface area contributed by atoms with Crippen LogP contribution in [-0.4, -0.2) is 13.2 Å². The Bertz CT molecular complexity index is 1080. The van der Waals surface area contributed by atoms with Gasteiger partial charge in [-0.15, -0.1) is 0 Å². The number of rotatable bonds is 7. The fourth-order valence-corrected chi connectivity index (χ4v) is 4.27. The van der Waals surface area contributed by atoms with E-state index in [4.69, 9.17) is 9.47 Å². The van der Waals surface area contributed by atoms with Crippen LogP contribution in [0, 0.1) is 17.6 Å². The summed E-state index contributed by atoms with van der Waals surface area (Å²) in [7, 11) is 0. The molecular formula is C29H30F2O2. The lowest BCUT2D eigenvalue weighted by Gasteiger charge is -2.27. The zero-order valence-corrected chi connectivity index (χ0v) is 19.2. The first-order chi connectivity index (χ1) is 16.1. The van der Waals surface area contributed by atoms with Crippen LogP contribution in [0.2, 0.25) is 0 Å². The molecule has 0 N–H and O–H groups in total. The zero-order chi connectivity index (χ0) is 23.2. The lowest BCUT2D eigenvalue weighted by Crippen LogP contribution is -2.19. The van der Waals surface area contributed by atoms with Crippen molar-refractivity contribution < 1.29 is 18.3 Å². The maximum Gasteiger partial charge on any atom is 0.201 e. The van der Waals surface area contributed by atoms with E-state index in [1.165, 1.54) is 11.6 Å². The first kappa shape index (κ1) is 23.2. The topological polar surface area (TPSA) is 18.5 Å². The van der Waals surface area contributed by atoms with E-state index in [0.29, 0.717) is 18.1 Å². The van der Waals surface area contributed by atoms with E-state index in [-0.39, 0.29) is 17.4 Å². The maximum absolute atomic E-state index is 14.6. The molecule has 4 heteroatoms. The molecule has 3 aromatic rings. The highest BCUT2D eigenvalue weighted by Gasteiger charge is 2.21. The summed E-state index contributed by atoms with van der Waals surface area (Å²) >= 11 is 0. The Balaban J connectivity index is 1.46. The van der Waals surface area contributed by atoms with Crippen LogP contribution in [0.15, 0.2) is 72.8 Å². The standard InChI is InChI=1S/C29H30F2O2/c1-3-5-20-6-16-26(33-19-20)24-13-9-22(10-14-24)21-7-11-23(12-8-21)25-15-17-27(32-18-4-2)29(31)28(25)30/h3,5,7-15,17,20,26H,4,6,16,18-19H2,1-2H3. The van der Waals surface area contributed by atoms with Crippen molar-refractivity contribution in [2.75, 3.05) is 13.2 Å². The second-order valence-corrected chi connectivity index (χ2v) is 8.47. The minimum absolute atomic E-state index is 0.0471. The predicted octanol–water partition coefficient (Wildman–Crippen LogP) is 8.13. The van der Waals surface area contributed by atoms with E-state index in [9.17, 15) is 8.78 Å². The predicted molar refractivity (Wildman–Crippen MR) is 129 cm³/mol. The SMILES string of the molecule is CC=CC1CCC(c2ccc(-c3ccc(-c4ccc(OCCC)c(F)c4F)cc3)cc2)OC1. The fraction of sp³-hybridized carbons (Fsp3) is 0.310. The molecule has 0 saturated carbocycles. The van der Waals surface area contributed by atoms with Crippen LogP contribution in [0.5, 0.6) is 5.75 Å². The summed E-state index contributed by atoms with van der Waals surface area (Å²) in [5, 5.41) is 0. The molecule has 0 aliphatic carbocycles. The Morgan fingerprint density at radius 1 is 0.879 bits per heavy atom. The summed E-state index contributed by atoms with van der Waals surface area (Å²) in [6.45, 7) is 5.08. The van der Waals surface area contributed by atoms with Gasteiger partial charge in [0, 0.05) is 11.5 Å². The monoisotopic (exact) mass is 448 g/mol. The van der Waals surface area contributed by atoms with Crippen LogP contribution in [0.25, 0.3) is 22.3 Å². The van der Waals surface area contributed by atoms with Crippen molar-refractivity contribution in [3.05, 3.63) is 90.0 Å². The molecule has 0 bridgehead atoms. The average Bonchev–Trinajstić information content (AvgIpc) is 2.86. The third-order valence-electron chi connectivity index (χ3n) is 6.10. The molecule has 1 aliphatic heterocycles. The third-order valence-corrected chi connectivity index (χ3v) is 6.10. The van der Waals surface area contributed by atoms with Gasteiger partial charge in [-0.1, -0.05) is 67.6 Å². The van der Waals surface area contributed by atoms with Crippen LogP contribution >= 0.6 is 0 Å². The van der Waals surface area contributed by atoms with Gasteiger partial charge < -0.3 is 9.47 Å². The fourth-order valence-electron chi connectivity index (χ4n) is 4.27. The van der Waals surface area contributed by atoms with E-state index in [0.717, 1.165) is 37.0 Å². The second-order valence-electron chi connectivity index (χ2n) is 8.47. The normalized spacial score (nSPS) is 18.5. The molecule has 2 atom stereocenters. The van der Waals surface area contributed by atoms with E-state index in [1.807, 2.05) is 38.1 Å². The number of allylic oxidation sites excluding steroid dienone is 1. The van der Waals surface area contributed by atoms with E-state index >= 15 is 0 Å². The second kappa shape index (κ2) is 10.8. The molecule has 1 fully saturated rings. The molecule has 3 aromatic carbocycles. The molecule has 172 valence electrons. The van der Waals surface area contributed by atoms with Gasteiger partial charge in [-0.25, -0.2) is 4.39 Å². The molecule has 33 heavy (non-hydrogen) atoms. The zero-order valence-electron chi connectivity index (χ0n) is 19.2. The summed E-state index contributed by atoms with van der Waals surface area (Å²) < 4.78 is 40.3. The van der Waals surface area contributed by atoms with Crippen LogP contribution in [0.3, 0.4) is 0 Å². The quantitative estimate of drug-likeness (QED) is 0.340. The van der Waals surface area contributed by atoms with Gasteiger partial charge in [0.1, 0.15) is 0 Å². The van der Waals surface area contributed by atoms with Crippen LogP contribution in [0.4, 0.5) is 8.78 Å². The molecule has 0 radical (unpaired) electrons. The number of hydrogen-bond donors (Lipinski definition) is 0. The Morgan fingerprint density at radius 2 is 1.55 bits per heavy atom. The Kier molecular flexibility index (Phi) is 7.56. The first-order valence-corrected chi connectivity index (χ1v) is 11.7. The van der Waals surface area contributed by atoms with E-state index < -0.39 is 11.6 Å². The van der Waals surface area contributed by atoms with Crippen LogP contribution in [0.1, 0.15) is 44.8 Å². The lowest BCUT2D eigenvalue weighted by atomic mass is 9.93. The summed E-state index contributed by atoms with van der Waals surface area (Å²) in [5.74, 6) is -1.36. The molecule has 0 amide bonds. The van der Waals surface area contributed by atoms with Gasteiger partial charge in [0.05, 0.1) is 19.3 Å². The molecule has 1 heterocycles. The van der Waals surface area contributed by atoms with Gasteiger partial charge in [-0.3, -0.25) is 0 Å². The maximum atomic E-state index is 14.6. The third kappa shape index (κ3) is 5.33. The Labute approximate surface area is 194 Å². The number of benzene rings is 3. The van der Waals surface area contributed by atoms with Gasteiger partial charge in [0.2, 0.25) is 5.82 Å². The average molecular weight is 449 g/mol. The highest BCUT2D eigenvalue weighted by molar-refractivity contribution is 5.71. The minimum Gasteiger partial charge on any atom is -0.490 e. The summed E-state index contributed by atoms with van der Waals surface area (Å²) in [6, 6.07) is 19.0. The first-order valence-electron chi connectivity index (χ1n) is 11.7. The summed E-state index contributed by atoms with van der Waals surface area (Å²) in [6.07, 6.45) is 7.35. The van der Waals surface area contributed by atoms with Crippen LogP contribution < -0.4 is 4.74 Å². The molecule has 2 unspecified atom stereocenters.